The molecule has 0 aliphatic heterocycles. The fourth-order valence-corrected chi connectivity index (χ4v) is 2.94. The highest BCUT2D eigenvalue weighted by molar-refractivity contribution is 7.98. The van der Waals surface area contributed by atoms with Crippen molar-refractivity contribution in [2.24, 2.45) is 5.84 Å². The first-order valence-electron chi connectivity index (χ1n) is 6.41. The molecule has 1 unspecified atom stereocenters. The molecule has 1 atom stereocenters. The molecule has 5 heteroatoms. The number of nitrogens with two attached hydrogens (primary N) is 1. The number of hydrazine groups is 1. The van der Waals surface area contributed by atoms with Gasteiger partial charge in [0.25, 0.3) is 5.91 Å². The van der Waals surface area contributed by atoms with E-state index in [4.69, 9.17) is 5.84 Å². The van der Waals surface area contributed by atoms with Crippen LogP contribution in [0, 0.1) is 0 Å². The van der Waals surface area contributed by atoms with Gasteiger partial charge in [0.1, 0.15) is 0 Å². The topological polar surface area (TPSA) is 58.4 Å². The minimum atomic E-state index is -0.249. The molecule has 0 fully saturated rings. The highest BCUT2D eigenvalue weighted by Gasteiger charge is 2.13. The average Bonchev–Trinajstić information content (AvgIpc) is 2.43. The van der Waals surface area contributed by atoms with Gasteiger partial charge in [-0.25, -0.2) is 5.84 Å². The van der Waals surface area contributed by atoms with Crippen molar-refractivity contribution in [2.75, 3.05) is 19.1 Å². The summed E-state index contributed by atoms with van der Waals surface area (Å²) in [5, 5.41) is 0. The van der Waals surface area contributed by atoms with Gasteiger partial charge in [-0.1, -0.05) is 19.1 Å². The summed E-state index contributed by atoms with van der Waals surface area (Å²) in [5.74, 6) is 6.02. The first kappa shape index (κ1) is 16.0. The molecular formula is C14H23N3OS. The summed E-state index contributed by atoms with van der Waals surface area (Å²) in [6.45, 7) is 3.04. The highest BCUT2D eigenvalue weighted by atomic mass is 32.2. The molecule has 0 radical (unpaired) electrons. The Hall–Kier alpha value is -1.04. The van der Waals surface area contributed by atoms with Crippen LogP contribution in [0.2, 0.25) is 0 Å². The maximum absolute atomic E-state index is 11.5. The lowest BCUT2D eigenvalue weighted by Crippen LogP contribution is -2.33. The third kappa shape index (κ3) is 4.86. The SMILES string of the molecule is CCC(CSC)N(C)Cc1cccc(C(=O)NN)c1. The lowest BCUT2D eigenvalue weighted by molar-refractivity contribution is 0.0953. The average molecular weight is 281 g/mol. The standard InChI is InChI=1S/C14H23N3OS/c1-4-13(10-19-3)17(2)9-11-6-5-7-12(8-11)14(18)16-15/h5-8,13H,4,9-10,15H2,1-3H3,(H,16,18). The molecule has 3 N–H and O–H groups in total. The first-order valence-corrected chi connectivity index (χ1v) is 7.80. The van der Waals surface area contributed by atoms with E-state index < -0.39 is 0 Å². The molecule has 1 aromatic rings. The van der Waals surface area contributed by atoms with E-state index in [2.05, 4.69) is 30.6 Å². The number of carbonyl (C=O) groups is 1. The van der Waals surface area contributed by atoms with Crippen LogP contribution in [0.25, 0.3) is 0 Å². The lowest BCUT2D eigenvalue weighted by atomic mass is 10.1. The van der Waals surface area contributed by atoms with Gasteiger partial charge in [0.05, 0.1) is 0 Å². The second-order valence-corrected chi connectivity index (χ2v) is 5.52. The van der Waals surface area contributed by atoms with E-state index in [0.29, 0.717) is 11.6 Å². The van der Waals surface area contributed by atoms with E-state index in [0.717, 1.165) is 24.3 Å². The maximum atomic E-state index is 11.5. The number of nitrogens with zero attached hydrogens (tertiary/aromatic N) is 1. The Balaban J connectivity index is 2.73. The zero-order chi connectivity index (χ0) is 14.3. The van der Waals surface area contributed by atoms with Crippen LogP contribution in [-0.2, 0) is 6.54 Å². The minimum Gasteiger partial charge on any atom is -0.298 e. The maximum Gasteiger partial charge on any atom is 0.265 e. The van der Waals surface area contributed by atoms with Crippen molar-refractivity contribution in [1.82, 2.24) is 10.3 Å². The van der Waals surface area contributed by atoms with Crippen molar-refractivity contribution in [2.45, 2.75) is 25.9 Å². The third-order valence-corrected chi connectivity index (χ3v) is 3.92. The zero-order valence-corrected chi connectivity index (χ0v) is 12.7. The van der Waals surface area contributed by atoms with Gasteiger partial charge in [0, 0.05) is 23.9 Å². The summed E-state index contributed by atoms with van der Waals surface area (Å²) >= 11 is 1.86. The Labute approximate surface area is 119 Å². The minimum absolute atomic E-state index is 0.249. The fraction of sp³-hybridized carbons (Fsp3) is 0.500. The van der Waals surface area contributed by atoms with E-state index in [1.54, 1.807) is 6.07 Å². The normalized spacial score (nSPS) is 12.5. The van der Waals surface area contributed by atoms with Gasteiger partial charge in [-0.15, -0.1) is 0 Å². The van der Waals surface area contributed by atoms with E-state index in [1.165, 1.54) is 0 Å². The number of benzene rings is 1. The number of rotatable bonds is 7. The van der Waals surface area contributed by atoms with E-state index in [1.807, 2.05) is 30.0 Å². The molecular weight excluding hydrogens is 258 g/mol. The fourth-order valence-electron chi connectivity index (χ4n) is 2.06. The number of amides is 1. The summed E-state index contributed by atoms with van der Waals surface area (Å²) in [4.78, 5) is 13.8. The molecule has 19 heavy (non-hydrogen) atoms. The molecule has 4 nitrogen and oxygen atoms in total. The Morgan fingerprint density at radius 2 is 2.26 bits per heavy atom. The van der Waals surface area contributed by atoms with Crippen LogP contribution in [0.4, 0.5) is 0 Å². The van der Waals surface area contributed by atoms with Gasteiger partial charge in [-0.05, 0) is 37.4 Å². The number of nitrogen functional groups attached to an aromatic ring is 1. The highest BCUT2D eigenvalue weighted by Crippen LogP contribution is 2.13. The molecule has 1 aromatic carbocycles. The van der Waals surface area contributed by atoms with Gasteiger partial charge < -0.3 is 0 Å². The van der Waals surface area contributed by atoms with Crippen molar-refractivity contribution >= 4 is 17.7 Å². The van der Waals surface area contributed by atoms with Crippen LogP contribution in [0.1, 0.15) is 29.3 Å². The van der Waals surface area contributed by atoms with Crippen molar-refractivity contribution in [3.63, 3.8) is 0 Å². The Kier molecular flexibility index (Phi) is 6.91. The monoisotopic (exact) mass is 281 g/mol. The summed E-state index contributed by atoms with van der Waals surface area (Å²) in [7, 11) is 2.13. The molecule has 0 aromatic heterocycles. The number of nitrogens with one attached hydrogen (secondary N) is 1. The molecule has 1 amide bonds. The smallest absolute Gasteiger partial charge is 0.265 e. The Morgan fingerprint density at radius 3 is 2.84 bits per heavy atom. The van der Waals surface area contributed by atoms with Gasteiger partial charge >= 0.3 is 0 Å². The van der Waals surface area contributed by atoms with Crippen molar-refractivity contribution in [3.05, 3.63) is 35.4 Å². The molecule has 0 heterocycles. The summed E-state index contributed by atoms with van der Waals surface area (Å²) in [5.41, 5.74) is 3.89. The molecule has 0 spiro atoms. The molecule has 0 bridgehead atoms. The second kappa shape index (κ2) is 8.19. The number of thioether (sulfide) groups is 1. The van der Waals surface area contributed by atoms with Crippen LogP contribution in [0.5, 0.6) is 0 Å². The third-order valence-electron chi connectivity index (χ3n) is 3.21. The van der Waals surface area contributed by atoms with E-state index in [-0.39, 0.29) is 5.91 Å². The molecule has 0 aliphatic carbocycles. The number of hydrogen-bond acceptors (Lipinski definition) is 4. The summed E-state index contributed by atoms with van der Waals surface area (Å²) < 4.78 is 0. The first-order chi connectivity index (χ1) is 9.12. The van der Waals surface area contributed by atoms with Gasteiger partial charge in [0.15, 0.2) is 0 Å². The largest absolute Gasteiger partial charge is 0.298 e. The molecule has 1 rings (SSSR count). The Morgan fingerprint density at radius 1 is 1.53 bits per heavy atom. The van der Waals surface area contributed by atoms with Gasteiger partial charge in [-0.2, -0.15) is 11.8 Å². The van der Waals surface area contributed by atoms with Crippen molar-refractivity contribution in [3.8, 4) is 0 Å². The van der Waals surface area contributed by atoms with Crippen molar-refractivity contribution < 1.29 is 4.79 Å². The Bertz CT molecular complexity index is 411. The number of hydrogen-bond donors (Lipinski definition) is 2. The van der Waals surface area contributed by atoms with Crippen LogP contribution >= 0.6 is 11.8 Å². The second-order valence-electron chi connectivity index (χ2n) is 4.61. The van der Waals surface area contributed by atoms with Crippen LogP contribution in [0.3, 0.4) is 0 Å². The zero-order valence-electron chi connectivity index (χ0n) is 11.8. The molecule has 0 saturated heterocycles. The van der Waals surface area contributed by atoms with Gasteiger partial charge in [0.2, 0.25) is 0 Å². The lowest BCUT2D eigenvalue weighted by Gasteiger charge is -2.26. The van der Waals surface area contributed by atoms with E-state index in [9.17, 15) is 4.79 Å². The van der Waals surface area contributed by atoms with Crippen LogP contribution < -0.4 is 11.3 Å². The quantitative estimate of drug-likeness (QED) is 0.455. The van der Waals surface area contributed by atoms with Crippen LogP contribution in [0.15, 0.2) is 24.3 Å². The van der Waals surface area contributed by atoms with Crippen molar-refractivity contribution in [1.29, 1.82) is 0 Å². The summed E-state index contributed by atoms with van der Waals surface area (Å²) in [6, 6.07) is 8.15. The van der Waals surface area contributed by atoms with Crippen LogP contribution in [-0.4, -0.2) is 35.9 Å². The van der Waals surface area contributed by atoms with E-state index >= 15 is 0 Å². The molecule has 0 aliphatic rings. The molecule has 0 saturated carbocycles. The predicted molar refractivity (Wildman–Crippen MR) is 82.0 cm³/mol. The van der Waals surface area contributed by atoms with Gasteiger partial charge in [-0.3, -0.25) is 15.1 Å². The molecule has 106 valence electrons. The predicted octanol–water partition coefficient (Wildman–Crippen LogP) is 1.86. The summed E-state index contributed by atoms with van der Waals surface area (Å²) in [6.07, 6.45) is 3.25. The number of carbonyl (C=O) groups excluding carboxylic acids is 1.